The first-order valence-electron chi connectivity index (χ1n) is 7.44. The molecule has 25 heavy (non-hydrogen) atoms. The summed E-state index contributed by atoms with van der Waals surface area (Å²) in [6.07, 6.45) is 0. The van der Waals surface area contributed by atoms with Crippen LogP contribution < -0.4 is 20.3 Å². The van der Waals surface area contributed by atoms with Crippen LogP contribution in [0.1, 0.15) is 10.5 Å². The zero-order chi connectivity index (χ0) is 17.6. The van der Waals surface area contributed by atoms with Gasteiger partial charge in [0.2, 0.25) is 0 Å². The molecule has 0 atom stereocenters. The van der Waals surface area contributed by atoms with Gasteiger partial charge in [-0.15, -0.1) is 0 Å². The smallest absolute Gasteiger partial charge is 0.274 e. The zero-order valence-corrected chi connectivity index (χ0v) is 13.9. The zero-order valence-electron chi connectivity index (χ0n) is 13.1. The number of fused-ring (bicyclic) bond motifs is 2. The number of carbonyl (C=O) groups is 1. The standard InChI is InChI=1S/C18H12N2O4S/c1-23-11-4-6-12(7-5-11)24-13-3-2-10-8-15-16(21)19-18(25)20(15)17(22)14(10)9-13/h2-9H,1H3,(H,19,21,25). The molecular formula is C18H12N2O4S. The number of amides is 1. The molecule has 0 radical (unpaired) electrons. The number of hydrogen-bond donors (Lipinski definition) is 1. The van der Waals surface area contributed by atoms with Gasteiger partial charge in [-0.05, 0) is 60.1 Å². The fraction of sp³-hybridized carbons (Fsp3) is 0.0556. The van der Waals surface area contributed by atoms with E-state index in [2.05, 4.69) is 5.32 Å². The van der Waals surface area contributed by atoms with Crippen LogP contribution in [-0.4, -0.2) is 22.7 Å². The predicted octanol–water partition coefficient (Wildman–Crippen LogP) is 2.68. The summed E-state index contributed by atoms with van der Waals surface area (Å²) >= 11 is 5.05. The van der Waals surface area contributed by atoms with Gasteiger partial charge in [0, 0.05) is 0 Å². The molecule has 4 rings (SSSR count). The molecule has 124 valence electrons. The molecule has 1 aliphatic rings. The highest BCUT2D eigenvalue weighted by Crippen LogP contribution is 2.26. The van der Waals surface area contributed by atoms with Gasteiger partial charge in [-0.2, -0.15) is 0 Å². The Balaban J connectivity index is 1.77. The van der Waals surface area contributed by atoms with Crippen LogP contribution >= 0.6 is 12.2 Å². The minimum atomic E-state index is -0.373. The van der Waals surface area contributed by atoms with E-state index in [1.54, 1.807) is 55.6 Å². The molecule has 1 N–H and O–H groups in total. The van der Waals surface area contributed by atoms with Gasteiger partial charge >= 0.3 is 0 Å². The average Bonchev–Trinajstić information content (AvgIpc) is 2.90. The Labute approximate surface area is 147 Å². The Bertz CT molecular complexity index is 1090. The molecule has 0 unspecified atom stereocenters. The van der Waals surface area contributed by atoms with Crippen LogP contribution in [0.5, 0.6) is 17.2 Å². The first kappa shape index (κ1) is 15.3. The van der Waals surface area contributed by atoms with Gasteiger partial charge in [0.25, 0.3) is 11.5 Å². The van der Waals surface area contributed by atoms with E-state index in [9.17, 15) is 9.59 Å². The van der Waals surface area contributed by atoms with E-state index in [-0.39, 0.29) is 22.3 Å². The summed E-state index contributed by atoms with van der Waals surface area (Å²) < 4.78 is 12.1. The van der Waals surface area contributed by atoms with Gasteiger partial charge in [-0.25, -0.2) is 4.57 Å². The van der Waals surface area contributed by atoms with Gasteiger partial charge in [0.05, 0.1) is 12.5 Å². The second kappa shape index (κ2) is 5.71. The molecule has 1 aliphatic heterocycles. The van der Waals surface area contributed by atoms with Crippen LogP contribution in [0.2, 0.25) is 0 Å². The Kier molecular flexibility index (Phi) is 3.51. The number of carbonyl (C=O) groups excluding carboxylic acids is 1. The molecule has 2 aromatic carbocycles. The van der Waals surface area contributed by atoms with Crippen LogP contribution in [0, 0.1) is 0 Å². The number of ether oxygens (including phenoxy) is 2. The third kappa shape index (κ3) is 2.54. The van der Waals surface area contributed by atoms with E-state index < -0.39 is 0 Å². The third-order valence-corrected chi connectivity index (χ3v) is 4.23. The van der Waals surface area contributed by atoms with Crippen molar-refractivity contribution < 1.29 is 14.3 Å². The number of methoxy groups -OCH3 is 1. The highest BCUT2D eigenvalue weighted by atomic mass is 32.1. The molecule has 2 heterocycles. The summed E-state index contributed by atoms with van der Waals surface area (Å²) in [5, 5.41) is 3.64. The molecular weight excluding hydrogens is 340 g/mol. The van der Waals surface area contributed by atoms with Crippen molar-refractivity contribution in [2.24, 2.45) is 0 Å². The van der Waals surface area contributed by atoms with Crippen molar-refractivity contribution in [2.45, 2.75) is 0 Å². The monoisotopic (exact) mass is 352 g/mol. The van der Waals surface area contributed by atoms with Gasteiger partial charge in [-0.3, -0.25) is 14.9 Å². The minimum absolute atomic E-state index is 0.0911. The van der Waals surface area contributed by atoms with Crippen LogP contribution in [0.15, 0.2) is 53.3 Å². The lowest BCUT2D eigenvalue weighted by Gasteiger charge is -2.09. The number of nitrogens with one attached hydrogen (secondary N) is 1. The first-order valence-corrected chi connectivity index (χ1v) is 7.85. The molecule has 0 saturated carbocycles. The maximum absolute atomic E-state index is 12.7. The predicted molar refractivity (Wildman–Crippen MR) is 96.7 cm³/mol. The van der Waals surface area contributed by atoms with Crippen molar-refractivity contribution in [1.82, 2.24) is 9.88 Å². The summed E-state index contributed by atoms with van der Waals surface area (Å²) in [7, 11) is 1.59. The average molecular weight is 352 g/mol. The summed E-state index contributed by atoms with van der Waals surface area (Å²) in [5.74, 6) is 1.49. The van der Waals surface area contributed by atoms with Crippen LogP contribution in [-0.2, 0) is 0 Å². The second-order valence-corrected chi connectivity index (χ2v) is 5.84. The molecule has 0 bridgehead atoms. The van der Waals surface area contributed by atoms with Crippen molar-refractivity contribution in [3.63, 3.8) is 0 Å². The fourth-order valence-electron chi connectivity index (χ4n) is 2.72. The molecule has 7 heteroatoms. The number of benzene rings is 2. The number of hydrogen-bond acceptors (Lipinski definition) is 5. The SMILES string of the molecule is COc1ccc(Oc2ccc3cc4n(c(=O)c3c2)C(=S)NC4=O)cc1. The lowest BCUT2D eigenvalue weighted by atomic mass is 10.1. The van der Waals surface area contributed by atoms with E-state index in [0.29, 0.717) is 22.3 Å². The van der Waals surface area contributed by atoms with Crippen molar-refractivity contribution in [3.8, 4) is 17.2 Å². The first-order chi connectivity index (χ1) is 12.1. The molecule has 6 nitrogen and oxygen atoms in total. The van der Waals surface area contributed by atoms with Gasteiger partial charge in [0.1, 0.15) is 22.9 Å². The maximum Gasteiger partial charge on any atom is 0.274 e. The largest absolute Gasteiger partial charge is 0.497 e. The van der Waals surface area contributed by atoms with Crippen molar-refractivity contribution >= 4 is 34.0 Å². The van der Waals surface area contributed by atoms with Crippen molar-refractivity contribution in [1.29, 1.82) is 0 Å². The molecule has 3 aromatic rings. The van der Waals surface area contributed by atoms with Crippen LogP contribution in [0.4, 0.5) is 0 Å². The highest BCUT2D eigenvalue weighted by Gasteiger charge is 2.25. The van der Waals surface area contributed by atoms with E-state index in [4.69, 9.17) is 21.7 Å². The molecule has 1 amide bonds. The summed E-state index contributed by atoms with van der Waals surface area (Å²) in [4.78, 5) is 24.5. The van der Waals surface area contributed by atoms with E-state index >= 15 is 0 Å². The summed E-state index contributed by atoms with van der Waals surface area (Å²) in [6, 6.07) is 13.9. The summed E-state index contributed by atoms with van der Waals surface area (Å²) in [6.45, 7) is 0. The number of nitrogens with zero attached hydrogens (tertiary/aromatic N) is 1. The molecule has 1 aromatic heterocycles. The van der Waals surface area contributed by atoms with Gasteiger partial charge in [0.15, 0.2) is 5.11 Å². The van der Waals surface area contributed by atoms with E-state index in [0.717, 1.165) is 5.75 Å². The van der Waals surface area contributed by atoms with Crippen LogP contribution in [0.25, 0.3) is 10.8 Å². The summed E-state index contributed by atoms with van der Waals surface area (Å²) in [5.41, 5.74) is -0.109. The Morgan fingerprint density at radius 2 is 1.64 bits per heavy atom. The lowest BCUT2D eigenvalue weighted by molar-refractivity contribution is 0.0981. The quantitative estimate of drug-likeness (QED) is 0.734. The molecule has 0 aliphatic carbocycles. The molecule has 0 saturated heterocycles. The highest BCUT2D eigenvalue weighted by molar-refractivity contribution is 7.80. The normalized spacial score (nSPS) is 12.8. The number of thiocarbonyl (C=S) groups is 1. The Morgan fingerprint density at radius 1 is 0.960 bits per heavy atom. The maximum atomic E-state index is 12.7. The fourth-order valence-corrected chi connectivity index (χ4v) is 2.99. The Morgan fingerprint density at radius 3 is 2.36 bits per heavy atom. The van der Waals surface area contributed by atoms with Gasteiger partial charge in [-0.1, -0.05) is 6.07 Å². The van der Waals surface area contributed by atoms with Crippen molar-refractivity contribution in [3.05, 3.63) is 64.6 Å². The number of pyridine rings is 1. The number of aromatic nitrogens is 1. The second-order valence-electron chi connectivity index (χ2n) is 5.46. The van der Waals surface area contributed by atoms with E-state index in [1.165, 1.54) is 4.57 Å². The topological polar surface area (TPSA) is 69.6 Å². The number of rotatable bonds is 3. The van der Waals surface area contributed by atoms with E-state index in [1.807, 2.05) is 0 Å². The Hall–Kier alpha value is -3.19. The molecule has 0 fully saturated rings. The minimum Gasteiger partial charge on any atom is -0.497 e. The van der Waals surface area contributed by atoms with Gasteiger partial charge < -0.3 is 9.47 Å². The van der Waals surface area contributed by atoms with Crippen molar-refractivity contribution in [2.75, 3.05) is 7.11 Å². The lowest BCUT2D eigenvalue weighted by Crippen LogP contribution is -2.28. The molecule has 0 spiro atoms. The van der Waals surface area contributed by atoms with Crippen LogP contribution in [0.3, 0.4) is 0 Å². The third-order valence-electron chi connectivity index (χ3n) is 3.94.